The van der Waals surface area contributed by atoms with Crippen LogP contribution < -0.4 is 4.74 Å². The summed E-state index contributed by atoms with van der Waals surface area (Å²) in [7, 11) is 0. The smallest absolute Gasteiger partial charge is 0.134 e. The molecule has 4 rings (SSSR count). The minimum atomic E-state index is 0.0215. The number of carbonyl (C=O) groups is 1. The van der Waals surface area contributed by atoms with Crippen LogP contribution in [0.1, 0.15) is 42.0 Å². The molecule has 2 heterocycles. The average Bonchev–Trinajstić information content (AvgIpc) is 3.11. The lowest BCUT2D eigenvalue weighted by Crippen LogP contribution is -2.04. The van der Waals surface area contributed by atoms with E-state index in [9.17, 15) is 4.79 Å². The van der Waals surface area contributed by atoms with E-state index in [1.54, 1.807) is 18.3 Å². The van der Waals surface area contributed by atoms with Crippen LogP contribution in [0.4, 0.5) is 0 Å². The molecule has 2 aromatic heterocycles. The van der Waals surface area contributed by atoms with E-state index in [1.807, 2.05) is 30.5 Å². The van der Waals surface area contributed by atoms with Gasteiger partial charge in [0, 0.05) is 33.5 Å². The Morgan fingerprint density at radius 2 is 2.24 bits per heavy atom. The standard InChI is InChI=1S/C20H18ClNO2S/c1-11-3-4-15-17(22-11)5-6-18(15)24-14-8-16(21)20-13(7-12(2)23)10-25-19(20)9-14/h3-4,8-10,18H,5-7H2,1-2H3. The monoisotopic (exact) mass is 371 g/mol. The third-order valence-corrected chi connectivity index (χ3v) is 5.81. The number of aryl methyl sites for hydroxylation is 2. The molecule has 1 aliphatic carbocycles. The number of nitrogens with zero attached hydrogens (tertiary/aromatic N) is 1. The second-order valence-corrected chi connectivity index (χ2v) is 7.87. The minimum Gasteiger partial charge on any atom is -0.486 e. The number of pyridine rings is 1. The first-order valence-corrected chi connectivity index (χ1v) is 9.59. The van der Waals surface area contributed by atoms with Crippen LogP contribution in [0.5, 0.6) is 5.75 Å². The van der Waals surface area contributed by atoms with Crippen LogP contribution in [0.25, 0.3) is 10.1 Å². The van der Waals surface area contributed by atoms with Gasteiger partial charge in [-0.25, -0.2) is 0 Å². The SMILES string of the molecule is CC(=O)Cc1csc2cc(OC3CCc4nc(C)ccc43)cc(Cl)c12. The summed E-state index contributed by atoms with van der Waals surface area (Å²) in [5.41, 5.74) is 4.35. The van der Waals surface area contributed by atoms with Crippen molar-refractivity contribution in [3.8, 4) is 5.75 Å². The molecule has 1 unspecified atom stereocenters. The first kappa shape index (κ1) is 16.6. The van der Waals surface area contributed by atoms with Gasteiger partial charge in [0.25, 0.3) is 0 Å². The molecule has 5 heteroatoms. The van der Waals surface area contributed by atoms with E-state index in [4.69, 9.17) is 16.3 Å². The summed E-state index contributed by atoms with van der Waals surface area (Å²) >= 11 is 8.10. The summed E-state index contributed by atoms with van der Waals surface area (Å²) in [6, 6.07) is 8.03. The molecule has 0 saturated heterocycles. The topological polar surface area (TPSA) is 39.2 Å². The molecule has 0 saturated carbocycles. The van der Waals surface area contributed by atoms with Gasteiger partial charge in [0.15, 0.2) is 0 Å². The Morgan fingerprint density at radius 1 is 1.40 bits per heavy atom. The number of ketones is 1. The Hall–Kier alpha value is -1.91. The highest BCUT2D eigenvalue weighted by molar-refractivity contribution is 7.17. The Labute approximate surface area is 155 Å². The molecule has 0 spiro atoms. The van der Waals surface area contributed by atoms with Gasteiger partial charge in [0.1, 0.15) is 17.6 Å². The number of rotatable bonds is 4. The number of fused-ring (bicyclic) bond motifs is 2. The second kappa shape index (κ2) is 6.43. The molecule has 128 valence electrons. The number of halogens is 1. The lowest BCUT2D eigenvalue weighted by atomic mass is 10.1. The third kappa shape index (κ3) is 3.16. The van der Waals surface area contributed by atoms with Gasteiger partial charge >= 0.3 is 0 Å². The van der Waals surface area contributed by atoms with E-state index < -0.39 is 0 Å². The van der Waals surface area contributed by atoms with Crippen LogP contribution in [0.3, 0.4) is 0 Å². The molecule has 25 heavy (non-hydrogen) atoms. The summed E-state index contributed by atoms with van der Waals surface area (Å²) < 4.78 is 7.29. The van der Waals surface area contributed by atoms with Crippen molar-refractivity contribution >= 4 is 38.8 Å². The number of hydrogen-bond donors (Lipinski definition) is 0. The number of hydrogen-bond acceptors (Lipinski definition) is 4. The van der Waals surface area contributed by atoms with Crippen molar-refractivity contribution in [2.45, 2.75) is 39.2 Å². The zero-order valence-electron chi connectivity index (χ0n) is 14.1. The second-order valence-electron chi connectivity index (χ2n) is 6.55. The van der Waals surface area contributed by atoms with Crippen molar-refractivity contribution < 1.29 is 9.53 Å². The molecule has 3 aromatic rings. The fourth-order valence-electron chi connectivity index (χ4n) is 3.45. The van der Waals surface area contributed by atoms with Gasteiger partial charge in [-0.1, -0.05) is 17.7 Å². The zero-order chi connectivity index (χ0) is 17.6. The first-order chi connectivity index (χ1) is 12.0. The quantitative estimate of drug-likeness (QED) is 0.611. The number of thiophene rings is 1. The van der Waals surface area contributed by atoms with E-state index in [0.29, 0.717) is 11.4 Å². The van der Waals surface area contributed by atoms with Crippen LogP contribution in [-0.4, -0.2) is 10.8 Å². The van der Waals surface area contributed by atoms with Crippen LogP contribution in [0, 0.1) is 6.92 Å². The van der Waals surface area contributed by atoms with Crippen molar-refractivity contribution in [3.63, 3.8) is 0 Å². The van der Waals surface area contributed by atoms with Crippen molar-refractivity contribution in [1.82, 2.24) is 4.98 Å². The molecule has 3 nitrogen and oxygen atoms in total. The van der Waals surface area contributed by atoms with E-state index in [-0.39, 0.29) is 11.9 Å². The number of aromatic nitrogens is 1. The first-order valence-electron chi connectivity index (χ1n) is 8.33. The van der Waals surface area contributed by atoms with Crippen molar-refractivity contribution in [1.29, 1.82) is 0 Å². The molecule has 0 N–H and O–H groups in total. The molecule has 0 bridgehead atoms. The summed E-state index contributed by atoms with van der Waals surface area (Å²) in [5.74, 6) is 0.911. The highest BCUT2D eigenvalue weighted by Gasteiger charge is 2.25. The highest BCUT2D eigenvalue weighted by atomic mass is 35.5. The van der Waals surface area contributed by atoms with Gasteiger partial charge in [-0.05, 0) is 55.8 Å². The van der Waals surface area contributed by atoms with Gasteiger partial charge < -0.3 is 4.74 Å². The van der Waals surface area contributed by atoms with Crippen molar-refractivity contribution in [3.05, 3.63) is 57.2 Å². The highest BCUT2D eigenvalue weighted by Crippen LogP contribution is 2.39. The van der Waals surface area contributed by atoms with E-state index in [0.717, 1.165) is 45.6 Å². The molecule has 0 aliphatic heterocycles. The Bertz CT molecular complexity index is 979. The van der Waals surface area contributed by atoms with Gasteiger partial charge in [-0.15, -0.1) is 11.3 Å². The Morgan fingerprint density at radius 3 is 3.04 bits per heavy atom. The normalized spacial score (nSPS) is 16.2. The summed E-state index contributed by atoms with van der Waals surface area (Å²) in [6.45, 7) is 3.61. The average molecular weight is 372 g/mol. The van der Waals surface area contributed by atoms with Crippen molar-refractivity contribution in [2.75, 3.05) is 0 Å². The van der Waals surface area contributed by atoms with Gasteiger partial charge in [-0.2, -0.15) is 0 Å². The van der Waals surface area contributed by atoms with E-state index >= 15 is 0 Å². The third-order valence-electron chi connectivity index (χ3n) is 4.53. The predicted molar refractivity (Wildman–Crippen MR) is 102 cm³/mol. The van der Waals surface area contributed by atoms with Crippen LogP contribution >= 0.6 is 22.9 Å². The summed E-state index contributed by atoms with van der Waals surface area (Å²) in [5, 5.41) is 3.63. The summed E-state index contributed by atoms with van der Waals surface area (Å²) in [6.07, 6.45) is 2.32. The zero-order valence-corrected chi connectivity index (χ0v) is 15.7. The minimum absolute atomic E-state index is 0.0215. The van der Waals surface area contributed by atoms with Crippen LogP contribution in [0.2, 0.25) is 5.02 Å². The molecular formula is C20H18ClNO2S. The number of carbonyl (C=O) groups excluding carboxylic acids is 1. The van der Waals surface area contributed by atoms with Gasteiger partial charge in [0.2, 0.25) is 0 Å². The molecule has 1 aliphatic rings. The van der Waals surface area contributed by atoms with E-state index in [2.05, 4.69) is 11.1 Å². The molecule has 0 fully saturated rings. The molecular weight excluding hydrogens is 354 g/mol. The maximum Gasteiger partial charge on any atom is 0.134 e. The molecule has 1 aromatic carbocycles. The lowest BCUT2D eigenvalue weighted by molar-refractivity contribution is -0.116. The van der Waals surface area contributed by atoms with Gasteiger partial charge in [0.05, 0.1) is 5.02 Å². The molecule has 1 atom stereocenters. The van der Waals surface area contributed by atoms with Crippen LogP contribution in [-0.2, 0) is 17.6 Å². The number of benzene rings is 1. The van der Waals surface area contributed by atoms with E-state index in [1.165, 1.54) is 5.56 Å². The molecule has 0 radical (unpaired) electrons. The maximum absolute atomic E-state index is 11.4. The lowest BCUT2D eigenvalue weighted by Gasteiger charge is -2.15. The predicted octanol–water partition coefficient (Wildman–Crippen LogP) is 5.46. The van der Waals surface area contributed by atoms with Gasteiger partial charge in [-0.3, -0.25) is 9.78 Å². The number of ether oxygens (including phenoxy) is 1. The fourth-order valence-corrected chi connectivity index (χ4v) is 4.85. The maximum atomic E-state index is 11.4. The van der Waals surface area contributed by atoms with Crippen molar-refractivity contribution in [2.24, 2.45) is 0 Å². The Kier molecular flexibility index (Phi) is 4.26. The summed E-state index contributed by atoms with van der Waals surface area (Å²) in [4.78, 5) is 16.0. The largest absolute Gasteiger partial charge is 0.486 e. The number of Topliss-reactive ketones (excluding diaryl/α,β-unsaturated/α-hetero) is 1. The fraction of sp³-hybridized carbons (Fsp3) is 0.300. The Balaban J connectivity index is 1.64. The molecule has 0 amide bonds. The van der Waals surface area contributed by atoms with Crippen LogP contribution in [0.15, 0.2) is 29.6 Å².